The molecule has 0 aromatic rings. The van der Waals surface area contributed by atoms with Gasteiger partial charge in [0.2, 0.25) is 0 Å². The van der Waals surface area contributed by atoms with E-state index in [1.165, 1.54) is 0 Å². The highest BCUT2D eigenvalue weighted by Crippen LogP contribution is 1.97. The molecule has 1 unspecified atom stereocenters. The maximum atomic E-state index is 10.8. The van der Waals surface area contributed by atoms with Crippen LogP contribution in [0, 0.1) is 11.8 Å². The lowest BCUT2D eigenvalue weighted by Crippen LogP contribution is -2.32. The van der Waals surface area contributed by atoms with E-state index in [0.717, 1.165) is 12.8 Å². The summed E-state index contributed by atoms with van der Waals surface area (Å²) in [6.07, 6.45) is 1.41. The molecule has 0 aliphatic carbocycles. The summed E-state index contributed by atoms with van der Waals surface area (Å²) in [5, 5.41) is 2.63. The molecule has 0 heterocycles. The molecule has 0 saturated carbocycles. The van der Waals surface area contributed by atoms with Crippen molar-refractivity contribution in [3.8, 4) is 11.8 Å². The van der Waals surface area contributed by atoms with Crippen molar-refractivity contribution in [2.24, 2.45) is 0 Å². The van der Waals surface area contributed by atoms with E-state index in [4.69, 9.17) is 0 Å². The molecule has 68 valence electrons. The van der Waals surface area contributed by atoms with E-state index in [0.29, 0.717) is 0 Å². The molecule has 0 bridgehead atoms. The molecule has 0 aliphatic rings. The van der Waals surface area contributed by atoms with Crippen molar-refractivity contribution in [3.63, 3.8) is 0 Å². The summed E-state index contributed by atoms with van der Waals surface area (Å²) in [6, 6.07) is -0.0812. The Labute approximate surface area is 86.9 Å². The summed E-state index contributed by atoms with van der Waals surface area (Å²) in [6.45, 7) is 3.79. The molecule has 0 spiro atoms. The van der Waals surface area contributed by atoms with Crippen LogP contribution < -0.4 is 5.32 Å². The van der Waals surface area contributed by atoms with E-state index in [1.807, 2.05) is 6.92 Å². The Morgan fingerprint density at radius 2 is 2.42 bits per heavy atom. The fourth-order valence-corrected chi connectivity index (χ4v) is 0.935. The SMILES string of the molecule is CC#CC(CCC)NC(=O)OI. The van der Waals surface area contributed by atoms with Crippen LogP contribution in [0.3, 0.4) is 0 Å². The summed E-state index contributed by atoms with van der Waals surface area (Å²) in [5.41, 5.74) is 0. The van der Waals surface area contributed by atoms with Gasteiger partial charge >= 0.3 is 6.09 Å². The number of hydrogen-bond donors (Lipinski definition) is 1. The Morgan fingerprint density at radius 3 is 2.83 bits per heavy atom. The maximum Gasteiger partial charge on any atom is 0.417 e. The van der Waals surface area contributed by atoms with E-state index in [2.05, 4.69) is 20.2 Å². The molecule has 0 rings (SSSR count). The van der Waals surface area contributed by atoms with Gasteiger partial charge in [-0.2, -0.15) is 0 Å². The van der Waals surface area contributed by atoms with Crippen LogP contribution in [-0.4, -0.2) is 12.1 Å². The summed E-state index contributed by atoms with van der Waals surface area (Å²) >= 11 is 1.54. The minimum Gasteiger partial charge on any atom is -0.378 e. The summed E-state index contributed by atoms with van der Waals surface area (Å²) in [4.78, 5) is 10.8. The number of rotatable bonds is 3. The monoisotopic (exact) mass is 281 g/mol. The average Bonchev–Trinajstić information content (AvgIpc) is 2.05. The summed E-state index contributed by atoms with van der Waals surface area (Å²) in [7, 11) is 0. The van der Waals surface area contributed by atoms with E-state index >= 15 is 0 Å². The van der Waals surface area contributed by atoms with Crippen LogP contribution in [0.1, 0.15) is 26.7 Å². The highest BCUT2D eigenvalue weighted by molar-refractivity contribution is 14.1. The molecule has 12 heavy (non-hydrogen) atoms. The lowest BCUT2D eigenvalue weighted by molar-refractivity contribution is 0.212. The van der Waals surface area contributed by atoms with Crippen molar-refractivity contribution >= 4 is 29.1 Å². The largest absolute Gasteiger partial charge is 0.417 e. The molecule has 1 N–H and O–H groups in total. The number of nitrogens with one attached hydrogen (secondary N) is 1. The van der Waals surface area contributed by atoms with Crippen LogP contribution >= 0.6 is 23.0 Å². The maximum absolute atomic E-state index is 10.8. The van der Waals surface area contributed by atoms with Crippen LogP contribution in [0.2, 0.25) is 0 Å². The quantitative estimate of drug-likeness (QED) is 0.636. The zero-order chi connectivity index (χ0) is 9.40. The van der Waals surface area contributed by atoms with Gasteiger partial charge in [-0.15, -0.1) is 5.92 Å². The lowest BCUT2D eigenvalue weighted by Gasteiger charge is -2.09. The number of carbonyl (C=O) groups is 1. The topological polar surface area (TPSA) is 38.3 Å². The van der Waals surface area contributed by atoms with E-state index in [9.17, 15) is 4.79 Å². The van der Waals surface area contributed by atoms with Crippen LogP contribution in [0.25, 0.3) is 0 Å². The molecular weight excluding hydrogens is 269 g/mol. The molecule has 1 amide bonds. The molecule has 3 nitrogen and oxygen atoms in total. The van der Waals surface area contributed by atoms with E-state index in [-0.39, 0.29) is 6.04 Å². The first kappa shape index (κ1) is 11.6. The van der Waals surface area contributed by atoms with Crippen molar-refractivity contribution in [2.45, 2.75) is 32.7 Å². The molecule has 0 radical (unpaired) electrons. The highest BCUT2D eigenvalue weighted by Gasteiger charge is 2.07. The first-order valence-corrected chi connectivity index (χ1v) is 4.64. The smallest absolute Gasteiger partial charge is 0.378 e. The number of carbonyl (C=O) groups excluding carboxylic acids is 1. The number of halogens is 1. The zero-order valence-electron chi connectivity index (χ0n) is 7.19. The van der Waals surface area contributed by atoms with Crippen LogP contribution in [-0.2, 0) is 3.07 Å². The first-order valence-electron chi connectivity index (χ1n) is 3.76. The van der Waals surface area contributed by atoms with Gasteiger partial charge < -0.3 is 8.38 Å². The molecule has 0 aromatic carbocycles. The van der Waals surface area contributed by atoms with Crippen molar-refractivity contribution in [1.29, 1.82) is 0 Å². The first-order chi connectivity index (χ1) is 5.74. The van der Waals surface area contributed by atoms with E-state index < -0.39 is 6.09 Å². The second-order valence-corrected chi connectivity index (χ2v) is 2.68. The van der Waals surface area contributed by atoms with Crippen LogP contribution in [0.15, 0.2) is 0 Å². The van der Waals surface area contributed by atoms with Gasteiger partial charge in [-0.1, -0.05) is 19.3 Å². The van der Waals surface area contributed by atoms with Gasteiger partial charge in [0.1, 0.15) is 0 Å². The van der Waals surface area contributed by atoms with Gasteiger partial charge in [-0.25, -0.2) is 4.79 Å². The van der Waals surface area contributed by atoms with Crippen molar-refractivity contribution in [2.75, 3.05) is 0 Å². The van der Waals surface area contributed by atoms with Gasteiger partial charge in [-0.3, -0.25) is 0 Å². The van der Waals surface area contributed by atoms with Gasteiger partial charge in [0, 0.05) is 0 Å². The van der Waals surface area contributed by atoms with E-state index in [1.54, 1.807) is 29.9 Å². The molecule has 1 atom stereocenters. The Morgan fingerprint density at radius 1 is 1.75 bits per heavy atom. The fraction of sp³-hybridized carbons (Fsp3) is 0.625. The predicted octanol–water partition coefficient (Wildman–Crippen LogP) is 2.25. The molecule has 0 aliphatic heterocycles. The summed E-state index contributed by atoms with van der Waals surface area (Å²) in [5.74, 6) is 5.64. The van der Waals surface area contributed by atoms with Crippen molar-refractivity contribution in [3.05, 3.63) is 0 Å². The highest BCUT2D eigenvalue weighted by atomic mass is 127. The van der Waals surface area contributed by atoms with Gasteiger partial charge in [0.15, 0.2) is 23.0 Å². The van der Waals surface area contributed by atoms with Gasteiger partial charge in [0.05, 0.1) is 6.04 Å². The number of hydrogen-bond acceptors (Lipinski definition) is 2. The average molecular weight is 281 g/mol. The third-order valence-electron chi connectivity index (χ3n) is 1.26. The van der Waals surface area contributed by atoms with Gasteiger partial charge in [0.25, 0.3) is 0 Å². The minimum atomic E-state index is -0.434. The zero-order valence-corrected chi connectivity index (χ0v) is 9.34. The van der Waals surface area contributed by atoms with Crippen LogP contribution in [0.4, 0.5) is 4.79 Å². The minimum absolute atomic E-state index is 0.0812. The predicted molar refractivity (Wildman–Crippen MR) is 55.8 cm³/mol. The number of amides is 1. The second-order valence-electron chi connectivity index (χ2n) is 2.24. The molecule has 4 heteroatoms. The molecule has 0 aromatic heterocycles. The van der Waals surface area contributed by atoms with Gasteiger partial charge in [-0.05, 0) is 13.3 Å². The Balaban J connectivity index is 3.91. The fourth-order valence-electron chi connectivity index (χ4n) is 0.808. The normalized spacial score (nSPS) is 10.9. The molecular formula is C8H12INO2. The molecule has 0 saturated heterocycles. The van der Waals surface area contributed by atoms with Crippen molar-refractivity contribution < 1.29 is 7.86 Å². The lowest BCUT2D eigenvalue weighted by atomic mass is 10.2. The summed E-state index contributed by atoms with van der Waals surface area (Å²) < 4.78 is 4.43. The Bertz CT molecular complexity index is 195. The van der Waals surface area contributed by atoms with Crippen LogP contribution in [0.5, 0.6) is 0 Å². The third kappa shape index (κ3) is 5.24. The second kappa shape index (κ2) is 7.22. The Kier molecular flexibility index (Phi) is 6.96. The molecule has 0 fully saturated rings. The Hall–Kier alpha value is -0.440. The third-order valence-corrected chi connectivity index (χ3v) is 1.66. The van der Waals surface area contributed by atoms with Crippen molar-refractivity contribution in [1.82, 2.24) is 5.32 Å². The standard InChI is InChI=1S/C8H12INO2/c1-3-5-7(6-4-2)10-8(11)12-9/h7H,3,5H2,1-2H3,(H,10,11).